The van der Waals surface area contributed by atoms with Crippen molar-refractivity contribution >= 4 is 26.5 Å². The molecule has 0 aliphatic heterocycles. The van der Waals surface area contributed by atoms with E-state index >= 15 is 0 Å². The molecule has 32 heavy (non-hydrogen) atoms. The lowest BCUT2D eigenvalue weighted by molar-refractivity contribution is 0.400. The van der Waals surface area contributed by atoms with E-state index in [-0.39, 0.29) is 28.2 Å². The Hall–Kier alpha value is -3.86. The van der Waals surface area contributed by atoms with Crippen molar-refractivity contribution in [1.29, 1.82) is 0 Å². The Kier molecular flexibility index (Phi) is 5.35. The van der Waals surface area contributed by atoms with Crippen molar-refractivity contribution in [1.82, 2.24) is 9.97 Å². The minimum atomic E-state index is -4.45. The average molecular weight is 461 g/mol. The number of rotatable bonds is 5. The summed E-state index contributed by atoms with van der Waals surface area (Å²) in [5.41, 5.74) is 0.729. The number of anilines is 1. The van der Waals surface area contributed by atoms with Gasteiger partial charge in [0.05, 0.1) is 13.3 Å². The Labute approximate surface area is 180 Å². The van der Waals surface area contributed by atoms with E-state index in [1.54, 1.807) is 6.07 Å². The molecule has 0 fully saturated rings. The minimum Gasteiger partial charge on any atom is -0.493 e. The summed E-state index contributed by atoms with van der Waals surface area (Å²) in [4.78, 5) is 6.87. The Morgan fingerprint density at radius 2 is 1.69 bits per heavy atom. The van der Waals surface area contributed by atoms with Crippen molar-refractivity contribution in [3.05, 3.63) is 72.3 Å². The molecular formula is C21H14F3N3O4S. The highest BCUT2D eigenvalue weighted by molar-refractivity contribution is 7.92. The molecule has 0 radical (unpaired) electrons. The lowest BCUT2D eigenvalue weighted by atomic mass is 10.0. The molecule has 0 saturated heterocycles. The number of ether oxygens (including phenoxy) is 1. The molecule has 0 bridgehead atoms. The minimum absolute atomic E-state index is 0.101. The lowest BCUT2D eigenvalue weighted by Crippen LogP contribution is -2.15. The molecule has 0 amide bonds. The topological polar surface area (TPSA) is 101 Å². The fraction of sp³-hybridized carbons (Fsp3) is 0.0476. The maximum Gasteiger partial charge on any atom is 0.264 e. The zero-order valence-electron chi connectivity index (χ0n) is 16.3. The smallest absolute Gasteiger partial charge is 0.264 e. The van der Waals surface area contributed by atoms with Crippen LogP contribution in [-0.4, -0.2) is 30.6 Å². The number of benzene rings is 2. The second-order valence-corrected chi connectivity index (χ2v) is 8.30. The van der Waals surface area contributed by atoms with Crippen LogP contribution in [0.15, 0.2) is 59.8 Å². The predicted molar refractivity (Wildman–Crippen MR) is 110 cm³/mol. The molecule has 11 heteroatoms. The van der Waals surface area contributed by atoms with Gasteiger partial charge >= 0.3 is 0 Å². The number of sulfonamides is 1. The second-order valence-electron chi connectivity index (χ2n) is 6.65. The summed E-state index contributed by atoms with van der Waals surface area (Å²) in [6, 6.07) is 7.88. The molecule has 2 N–H and O–H groups in total. The van der Waals surface area contributed by atoms with Gasteiger partial charge in [-0.25, -0.2) is 31.6 Å². The number of nitrogens with zero attached hydrogens (tertiary/aromatic N) is 2. The maximum atomic E-state index is 14.0. The van der Waals surface area contributed by atoms with E-state index in [9.17, 15) is 26.7 Å². The number of pyridine rings is 2. The van der Waals surface area contributed by atoms with Crippen molar-refractivity contribution in [2.45, 2.75) is 4.90 Å². The van der Waals surface area contributed by atoms with Gasteiger partial charge < -0.3 is 9.84 Å². The molecule has 0 aliphatic carbocycles. The molecule has 0 saturated carbocycles. The summed E-state index contributed by atoms with van der Waals surface area (Å²) in [6.45, 7) is 0. The number of hydrogen-bond acceptors (Lipinski definition) is 6. The fourth-order valence-corrected chi connectivity index (χ4v) is 4.22. The molecular weight excluding hydrogens is 447 g/mol. The monoisotopic (exact) mass is 461 g/mol. The van der Waals surface area contributed by atoms with Gasteiger partial charge in [0, 0.05) is 28.6 Å². The van der Waals surface area contributed by atoms with E-state index in [4.69, 9.17) is 4.74 Å². The molecule has 4 rings (SSSR count). The van der Waals surface area contributed by atoms with Crippen molar-refractivity contribution in [3.8, 4) is 22.9 Å². The van der Waals surface area contributed by atoms with Crippen LogP contribution in [0.5, 0.6) is 11.8 Å². The van der Waals surface area contributed by atoms with E-state index in [0.29, 0.717) is 17.2 Å². The summed E-state index contributed by atoms with van der Waals surface area (Å²) < 4.78 is 73.7. The van der Waals surface area contributed by atoms with Gasteiger partial charge in [0.2, 0.25) is 11.8 Å². The highest BCUT2D eigenvalue weighted by atomic mass is 32.2. The molecule has 164 valence electrons. The Balaban J connectivity index is 1.78. The van der Waals surface area contributed by atoms with Crippen LogP contribution in [0.1, 0.15) is 0 Å². The highest BCUT2D eigenvalue weighted by Gasteiger charge is 2.22. The number of methoxy groups -OCH3 is 1. The Morgan fingerprint density at radius 3 is 2.41 bits per heavy atom. The number of nitrogens with one attached hydrogen (secondary N) is 1. The molecule has 2 aromatic heterocycles. The van der Waals surface area contributed by atoms with Gasteiger partial charge in [-0.2, -0.15) is 0 Å². The van der Waals surface area contributed by atoms with Crippen molar-refractivity contribution < 1.29 is 31.4 Å². The number of aromatic nitrogens is 2. The zero-order chi connectivity index (χ0) is 23.0. The first kappa shape index (κ1) is 21.4. The van der Waals surface area contributed by atoms with Gasteiger partial charge in [0.25, 0.3) is 10.0 Å². The first-order valence-electron chi connectivity index (χ1n) is 8.99. The molecule has 0 atom stereocenters. The predicted octanol–water partition coefficient (Wildman–Crippen LogP) is 4.23. The van der Waals surface area contributed by atoms with Crippen LogP contribution in [0.3, 0.4) is 0 Å². The molecule has 7 nitrogen and oxygen atoms in total. The normalized spacial score (nSPS) is 11.5. The quantitative estimate of drug-likeness (QED) is 0.461. The van der Waals surface area contributed by atoms with Gasteiger partial charge in [-0.1, -0.05) is 12.1 Å². The highest BCUT2D eigenvalue weighted by Crippen LogP contribution is 2.33. The van der Waals surface area contributed by atoms with Crippen LogP contribution >= 0.6 is 0 Å². The van der Waals surface area contributed by atoms with Gasteiger partial charge in [-0.05, 0) is 29.8 Å². The number of aromatic hydroxyl groups is 1. The summed E-state index contributed by atoms with van der Waals surface area (Å²) in [5, 5.41) is 10.3. The van der Waals surface area contributed by atoms with Crippen LogP contribution in [0.4, 0.5) is 18.9 Å². The average Bonchev–Trinajstić information content (AvgIpc) is 2.75. The fourth-order valence-electron chi connectivity index (χ4n) is 3.11. The summed E-state index contributed by atoms with van der Waals surface area (Å²) >= 11 is 0. The standard InChI is InChI=1S/C21H14F3N3O4S/c1-31-21-18(27-32(29,30)19-5-3-13(22)8-16(19)23)7-12(9-26-21)11-2-4-14-15(6-11)20(28)25-10-17(14)24/h2-10,27H,1H3,(H,25,28). The second kappa shape index (κ2) is 8.00. The largest absolute Gasteiger partial charge is 0.493 e. The van der Waals surface area contributed by atoms with Crippen molar-refractivity contribution in [2.75, 3.05) is 11.8 Å². The Morgan fingerprint density at radius 1 is 0.906 bits per heavy atom. The van der Waals surface area contributed by atoms with Crippen LogP contribution in [0.2, 0.25) is 0 Å². The van der Waals surface area contributed by atoms with E-state index < -0.39 is 32.4 Å². The van der Waals surface area contributed by atoms with Crippen LogP contribution < -0.4 is 9.46 Å². The molecule has 0 aliphatic rings. The third kappa shape index (κ3) is 3.89. The van der Waals surface area contributed by atoms with Crippen LogP contribution in [-0.2, 0) is 10.0 Å². The van der Waals surface area contributed by atoms with E-state index in [2.05, 4.69) is 14.7 Å². The van der Waals surface area contributed by atoms with Crippen LogP contribution in [0.25, 0.3) is 21.9 Å². The molecule has 4 aromatic rings. The third-order valence-electron chi connectivity index (χ3n) is 4.62. The van der Waals surface area contributed by atoms with Gasteiger partial charge in [0.15, 0.2) is 0 Å². The van der Waals surface area contributed by atoms with E-state index in [1.807, 2.05) is 0 Å². The Bertz CT molecular complexity index is 1460. The zero-order valence-corrected chi connectivity index (χ0v) is 17.1. The first-order valence-corrected chi connectivity index (χ1v) is 10.5. The first-order chi connectivity index (χ1) is 15.2. The molecule has 0 spiro atoms. The number of fused-ring (bicyclic) bond motifs is 1. The molecule has 2 heterocycles. The molecule has 2 aromatic carbocycles. The summed E-state index contributed by atoms with van der Waals surface area (Å²) in [6.07, 6.45) is 2.27. The summed E-state index contributed by atoms with van der Waals surface area (Å²) in [5.74, 6) is -3.28. The van der Waals surface area contributed by atoms with Crippen LogP contribution in [0, 0.1) is 17.5 Å². The SMILES string of the molecule is COc1ncc(-c2ccc3c(F)cnc(O)c3c2)cc1NS(=O)(=O)c1ccc(F)cc1F. The van der Waals surface area contributed by atoms with Gasteiger partial charge in [-0.3, -0.25) is 4.72 Å². The third-order valence-corrected chi connectivity index (χ3v) is 6.02. The van der Waals surface area contributed by atoms with Gasteiger partial charge in [-0.15, -0.1) is 0 Å². The summed E-state index contributed by atoms with van der Waals surface area (Å²) in [7, 11) is -3.19. The van der Waals surface area contributed by atoms with E-state index in [1.165, 1.54) is 31.5 Å². The molecule has 0 unspecified atom stereocenters. The maximum absolute atomic E-state index is 14.0. The lowest BCUT2D eigenvalue weighted by Gasteiger charge is -2.13. The van der Waals surface area contributed by atoms with Crippen molar-refractivity contribution in [3.63, 3.8) is 0 Å². The number of hydrogen-bond donors (Lipinski definition) is 2. The number of halogens is 3. The van der Waals surface area contributed by atoms with Gasteiger partial charge in [0.1, 0.15) is 28.0 Å². The van der Waals surface area contributed by atoms with Crippen molar-refractivity contribution in [2.24, 2.45) is 0 Å². The van der Waals surface area contributed by atoms with E-state index in [0.717, 1.165) is 18.3 Å².